The first-order chi connectivity index (χ1) is 6.31. The molecule has 0 aromatic carbocycles. The van der Waals surface area contributed by atoms with Gasteiger partial charge in [-0.1, -0.05) is 0 Å². The largest absolute Gasteiger partial charge is 0.367 e. The van der Waals surface area contributed by atoms with E-state index in [1.165, 1.54) is 0 Å². The van der Waals surface area contributed by atoms with E-state index in [-0.39, 0.29) is 12.1 Å². The van der Waals surface area contributed by atoms with Gasteiger partial charge in [-0.15, -0.1) is 0 Å². The number of ether oxygens (including phenoxy) is 1. The highest BCUT2D eigenvalue weighted by Crippen LogP contribution is 2.22. The van der Waals surface area contributed by atoms with Gasteiger partial charge in [0.15, 0.2) is 0 Å². The second-order valence-electron chi connectivity index (χ2n) is 3.75. The van der Waals surface area contributed by atoms with Crippen molar-refractivity contribution >= 4 is 5.78 Å². The summed E-state index contributed by atoms with van der Waals surface area (Å²) in [4.78, 5) is 11.6. The summed E-state index contributed by atoms with van der Waals surface area (Å²) in [7, 11) is 1.68. The number of hydrogen-bond donors (Lipinski definition) is 2. The summed E-state index contributed by atoms with van der Waals surface area (Å²) in [6.07, 6.45) is 1.55. The normalized spacial score (nSPS) is 40.1. The van der Waals surface area contributed by atoms with Crippen LogP contribution in [0.4, 0.5) is 0 Å². The smallest absolute Gasteiger partial charge is 0.138 e. The number of Topliss-reactive ketones (excluding diaryl/α,β-unsaturated/α-hetero) is 1. The summed E-state index contributed by atoms with van der Waals surface area (Å²) < 4.78 is 5.20. The molecule has 2 fully saturated rings. The SMILES string of the molecule is COC1CC2C(=O)CCNC2CN1. The van der Waals surface area contributed by atoms with Gasteiger partial charge in [0.2, 0.25) is 0 Å². The van der Waals surface area contributed by atoms with Crippen LogP contribution in [0.25, 0.3) is 0 Å². The fourth-order valence-electron chi connectivity index (χ4n) is 2.19. The average molecular weight is 184 g/mol. The first-order valence-electron chi connectivity index (χ1n) is 4.83. The van der Waals surface area contributed by atoms with Gasteiger partial charge in [-0.3, -0.25) is 10.1 Å². The van der Waals surface area contributed by atoms with Crippen LogP contribution in [0.3, 0.4) is 0 Å². The Morgan fingerprint density at radius 2 is 2.31 bits per heavy atom. The lowest BCUT2D eigenvalue weighted by atomic mass is 9.84. The molecule has 3 unspecified atom stereocenters. The maximum Gasteiger partial charge on any atom is 0.138 e. The maximum atomic E-state index is 11.6. The monoisotopic (exact) mass is 184 g/mol. The third-order valence-corrected chi connectivity index (χ3v) is 3.00. The molecule has 2 rings (SSSR count). The van der Waals surface area contributed by atoms with Crippen molar-refractivity contribution < 1.29 is 9.53 Å². The zero-order valence-corrected chi connectivity index (χ0v) is 7.88. The molecule has 2 N–H and O–H groups in total. The minimum Gasteiger partial charge on any atom is -0.367 e. The van der Waals surface area contributed by atoms with Crippen molar-refractivity contribution in [3.8, 4) is 0 Å². The third kappa shape index (κ3) is 1.75. The first-order valence-corrected chi connectivity index (χ1v) is 4.83. The van der Waals surface area contributed by atoms with Crippen LogP contribution < -0.4 is 10.6 Å². The number of ketones is 1. The van der Waals surface area contributed by atoms with Gasteiger partial charge in [0.1, 0.15) is 12.0 Å². The second kappa shape index (κ2) is 3.74. The predicted molar refractivity (Wildman–Crippen MR) is 48.3 cm³/mol. The number of methoxy groups -OCH3 is 1. The fourth-order valence-corrected chi connectivity index (χ4v) is 2.19. The van der Waals surface area contributed by atoms with E-state index < -0.39 is 0 Å². The van der Waals surface area contributed by atoms with Gasteiger partial charge in [-0.25, -0.2) is 0 Å². The number of fused-ring (bicyclic) bond motifs is 1. The Labute approximate surface area is 78.0 Å². The van der Waals surface area contributed by atoms with E-state index in [4.69, 9.17) is 4.74 Å². The molecule has 4 heteroatoms. The Kier molecular flexibility index (Phi) is 2.62. The van der Waals surface area contributed by atoms with Crippen LogP contribution in [0.1, 0.15) is 12.8 Å². The molecule has 0 spiro atoms. The van der Waals surface area contributed by atoms with Gasteiger partial charge in [-0.05, 0) is 6.42 Å². The number of carbonyl (C=O) groups excluding carboxylic acids is 1. The Morgan fingerprint density at radius 3 is 3.08 bits per heavy atom. The van der Waals surface area contributed by atoms with Crippen molar-refractivity contribution in [1.82, 2.24) is 10.6 Å². The van der Waals surface area contributed by atoms with Gasteiger partial charge in [-0.2, -0.15) is 0 Å². The van der Waals surface area contributed by atoms with Gasteiger partial charge < -0.3 is 10.1 Å². The predicted octanol–water partition coefficient (Wildman–Crippen LogP) is -0.501. The van der Waals surface area contributed by atoms with Crippen molar-refractivity contribution in [2.45, 2.75) is 25.1 Å². The molecule has 2 aliphatic heterocycles. The number of rotatable bonds is 1. The molecule has 2 aliphatic rings. The van der Waals surface area contributed by atoms with E-state index in [2.05, 4.69) is 10.6 Å². The Balaban J connectivity index is 2.01. The lowest BCUT2D eigenvalue weighted by Gasteiger charge is -2.38. The molecule has 0 bridgehead atoms. The summed E-state index contributed by atoms with van der Waals surface area (Å²) >= 11 is 0. The highest BCUT2D eigenvalue weighted by Gasteiger charge is 2.36. The molecule has 3 atom stereocenters. The average Bonchev–Trinajstić information content (AvgIpc) is 2.18. The Bertz CT molecular complexity index is 208. The first kappa shape index (κ1) is 9.12. The fraction of sp³-hybridized carbons (Fsp3) is 0.889. The molecule has 4 nitrogen and oxygen atoms in total. The minimum atomic E-state index is 0.0603. The van der Waals surface area contributed by atoms with Crippen LogP contribution >= 0.6 is 0 Å². The van der Waals surface area contributed by atoms with Crippen molar-refractivity contribution in [2.24, 2.45) is 5.92 Å². The van der Waals surface area contributed by atoms with E-state index in [1.54, 1.807) is 7.11 Å². The molecule has 2 saturated heterocycles. The van der Waals surface area contributed by atoms with Gasteiger partial charge in [0.25, 0.3) is 0 Å². The number of hydrogen-bond acceptors (Lipinski definition) is 4. The van der Waals surface area contributed by atoms with E-state index in [0.29, 0.717) is 18.2 Å². The zero-order valence-electron chi connectivity index (χ0n) is 7.88. The summed E-state index contributed by atoms with van der Waals surface area (Å²) in [6, 6.07) is 0.327. The van der Waals surface area contributed by atoms with Crippen LogP contribution in [0, 0.1) is 5.92 Å². The van der Waals surface area contributed by atoms with Crippen molar-refractivity contribution in [2.75, 3.05) is 20.2 Å². The van der Waals surface area contributed by atoms with E-state index >= 15 is 0 Å². The molecule has 0 amide bonds. The van der Waals surface area contributed by atoms with Gasteiger partial charge in [0, 0.05) is 38.6 Å². The molecule has 13 heavy (non-hydrogen) atoms. The molecular formula is C9H16N2O2. The molecule has 74 valence electrons. The van der Waals surface area contributed by atoms with Crippen LogP contribution in [-0.4, -0.2) is 38.3 Å². The Hall–Kier alpha value is -0.450. The van der Waals surface area contributed by atoms with E-state index in [0.717, 1.165) is 19.5 Å². The molecule has 0 aromatic rings. The molecule has 0 radical (unpaired) electrons. The van der Waals surface area contributed by atoms with Gasteiger partial charge in [0.05, 0.1) is 0 Å². The van der Waals surface area contributed by atoms with Crippen LogP contribution in [0.2, 0.25) is 0 Å². The lowest BCUT2D eigenvalue weighted by Crippen LogP contribution is -2.58. The topological polar surface area (TPSA) is 50.4 Å². The zero-order chi connectivity index (χ0) is 9.26. The van der Waals surface area contributed by atoms with E-state index in [1.807, 2.05) is 0 Å². The summed E-state index contributed by atoms with van der Waals surface area (Å²) in [5, 5.41) is 6.61. The second-order valence-corrected chi connectivity index (χ2v) is 3.75. The minimum absolute atomic E-state index is 0.0603. The van der Waals surface area contributed by atoms with Crippen LogP contribution in [-0.2, 0) is 9.53 Å². The van der Waals surface area contributed by atoms with Crippen molar-refractivity contribution in [3.63, 3.8) is 0 Å². The molecule has 0 aromatic heterocycles. The standard InChI is InChI=1S/C9H16N2O2/c1-13-9-4-6-7(5-11-9)10-3-2-8(6)12/h6-7,9-11H,2-5H2,1H3. The Morgan fingerprint density at radius 1 is 1.46 bits per heavy atom. The summed E-state index contributed by atoms with van der Waals surface area (Å²) in [5.74, 6) is 0.562. The molecular weight excluding hydrogens is 168 g/mol. The maximum absolute atomic E-state index is 11.6. The lowest BCUT2D eigenvalue weighted by molar-refractivity contribution is -0.128. The number of nitrogens with one attached hydrogen (secondary N) is 2. The molecule has 0 saturated carbocycles. The quantitative estimate of drug-likeness (QED) is 0.577. The van der Waals surface area contributed by atoms with Crippen molar-refractivity contribution in [3.05, 3.63) is 0 Å². The molecule has 2 heterocycles. The summed E-state index contributed by atoms with van der Waals surface area (Å²) in [5.41, 5.74) is 0. The molecule has 0 aliphatic carbocycles. The highest BCUT2D eigenvalue weighted by atomic mass is 16.5. The van der Waals surface area contributed by atoms with Gasteiger partial charge >= 0.3 is 0 Å². The van der Waals surface area contributed by atoms with Crippen molar-refractivity contribution in [1.29, 1.82) is 0 Å². The number of carbonyl (C=O) groups is 1. The van der Waals surface area contributed by atoms with E-state index in [9.17, 15) is 4.79 Å². The van der Waals surface area contributed by atoms with Crippen LogP contribution in [0.15, 0.2) is 0 Å². The highest BCUT2D eigenvalue weighted by molar-refractivity contribution is 5.82. The third-order valence-electron chi connectivity index (χ3n) is 3.00. The summed E-state index contributed by atoms with van der Waals surface area (Å²) in [6.45, 7) is 1.67. The number of piperidine rings is 2. The van der Waals surface area contributed by atoms with Crippen LogP contribution in [0.5, 0.6) is 0 Å².